The topological polar surface area (TPSA) is 43.7 Å². The fourth-order valence-corrected chi connectivity index (χ4v) is 4.15. The lowest BCUT2D eigenvalue weighted by Gasteiger charge is -2.38. The van der Waals surface area contributed by atoms with Gasteiger partial charge in [0, 0.05) is 44.2 Å². The molecule has 0 aliphatic carbocycles. The average Bonchev–Trinajstić information content (AvgIpc) is 3.15. The molecule has 0 N–H and O–H groups in total. The zero-order valence-electron chi connectivity index (χ0n) is 14.5. The maximum Gasteiger partial charge on any atom is 0.233 e. The van der Waals surface area contributed by atoms with Crippen LogP contribution in [0.2, 0.25) is 0 Å². The van der Waals surface area contributed by atoms with E-state index in [0.717, 1.165) is 32.4 Å². The Balaban J connectivity index is 1.65. The first-order chi connectivity index (χ1) is 11.1. The van der Waals surface area contributed by atoms with Gasteiger partial charge in [-0.25, -0.2) is 0 Å². The van der Waals surface area contributed by atoms with Crippen LogP contribution in [0, 0.1) is 19.3 Å². The van der Waals surface area contributed by atoms with Crippen LogP contribution in [-0.2, 0) is 14.3 Å². The predicted octanol–water partition coefficient (Wildman–Crippen LogP) is 2.32. The predicted molar refractivity (Wildman–Crippen MR) is 88.5 cm³/mol. The summed E-state index contributed by atoms with van der Waals surface area (Å²) in [5, 5.41) is 0. The Kier molecular flexibility index (Phi) is 4.78. The fraction of sp³-hybridized carbons (Fsp3) is 0.722. The first-order valence-corrected chi connectivity index (χ1v) is 8.58. The molecular formula is C18H28N2O3. The number of piperidine rings is 1. The van der Waals surface area contributed by atoms with Gasteiger partial charge in [-0.2, -0.15) is 0 Å². The number of hydrogen-bond acceptors (Lipinski definition) is 3. The van der Waals surface area contributed by atoms with Gasteiger partial charge in [-0.3, -0.25) is 4.79 Å². The first kappa shape index (κ1) is 16.5. The molecule has 0 saturated carbocycles. The number of nitrogens with zero attached hydrogens (tertiary/aromatic N) is 2. The van der Waals surface area contributed by atoms with E-state index in [-0.39, 0.29) is 5.91 Å². The van der Waals surface area contributed by atoms with Crippen LogP contribution in [0.3, 0.4) is 0 Å². The molecule has 2 fully saturated rings. The second-order valence-corrected chi connectivity index (χ2v) is 7.03. The molecule has 0 bridgehead atoms. The summed E-state index contributed by atoms with van der Waals surface area (Å²) in [5.74, 6) is 0.219. The minimum Gasteiger partial charge on any atom is -0.383 e. The summed E-state index contributed by atoms with van der Waals surface area (Å²) in [7, 11) is 1.66. The summed E-state index contributed by atoms with van der Waals surface area (Å²) in [6, 6.07) is 4.86. The second-order valence-electron chi connectivity index (χ2n) is 7.03. The van der Waals surface area contributed by atoms with Crippen LogP contribution in [-0.4, -0.2) is 55.4 Å². The van der Waals surface area contributed by atoms with Crippen LogP contribution in [0.5, 0.6) is 0 Å². The lowest BCUT2D eigenvalue weighted by atomic mass is 9.85. The highest BCUT2D eigenvalue weighted by Gasteiger charge is 2.45. The van der Waals surface area contributed by atoms with Gasteiger partial charge in [0.15, 0.2) is 0 Å². The van der Waals surface area contributed by atoms with Gasteiger partial charge in [-0.15, -0.1) is 0 Å². The van der Waals surface area contributed by atoms with Crippen LogP contribution in [0.15, 0.2) is 12.1 Å². The number of aryl methyl sites for hydroxylation is 2. The highest BCUT2D eigenvalue weighted by atomic mass is 16.5. The number of carbonyl (C=O) groups excluding carboxylic acids is 1. The molecule has 0 radical (unpaired) electrons. The third kappa shape index (κ3) is 3.04. The smallest absolute Gasteiger partial charge is 0.233 e. The SMILES string of the molecule is COCC1(C(=O)N2CCC(n3c(C)ccc3C)CC2)CCOC1. The van der Waals surface area contributed by atoms with Crippen molar-refractivity contribution >= 4 is 5.91 Å². The maximum absolute atomic E-state index is 13.0. The first-order valence-electron chi connectivity index (χ1n) is 8.58. The molecule has 5 heteroatoms. The molecule has 2 saturated heterocycles. The Bertz CT molecular complexity index is 533. The Hall–Kier alpha value is -1.33. The van der Waals surface area contributed by atoms with Crippen molar-refractivity contribution < 1.29 is 14.3 Å². The molecule has 5 nitrogen and oxygen atoms in total. The largest absolute Gasteiger partial charge is 0.383 e. The van der Waals surface area contributed by atoms with Gasteiger partial charge in [0.25, 0.3) is 0 Å². The van der Waals surface area contributed by atoms with Crippen LogP contribution in [0.25, 0.3) is 0 Å². The van der Waals surface area contributed by atoms with Crippen molar-refractivity contribution in [3.8, 4) is 0 Å². The Morgan fingerprint density at radius 3 is 2.48 bits per heavy atom. The van der Waals surface area contributed by atoms with E-state index < -0.39 is 5.41 Å². The lowest BCUT2D eigenvalue weighted by Crippen LogP contribution is -2.50. The minimum absolute atomic E-state index is 0.219. The molecular weight excluding hydrogens is 292 g/mol. The Morgan fingerprint density at radius 1 is 1.30 bits per heavy atom. The number of methoxy groups -OCH3 is 1. The average molecular weight is 320 g/mol. The van der Waals surface area contributed by atoms with Crippen LogP contribution in [0.4, 0.5) is 0 Å². The number of carbonyl (C=O) groups is 1. The number of ether oxygens (including phenoxy) is 2. The van der Waals surface area contributed by atoms with Crippen molar-refractivity contribution in [1.29, 1.82) is 0 Å². The van der Waals surface area contributed by atoms with Crippen LogP contribution < -0.4 is 0 Å². The number of likely N-dealkylation sites (tertiary alicyclic amines) is 1. The van der Waals surface area contributed by atoms with Crippen molar-refractivity contribution in [2.75, 3.05) is 40.0 Å². The summed E-state index contributed by atoms with van der Waals surface area (Å²) >= 11 is 0. The van der Waals surface area contributed by atoms with E-state index >= 15 is 0 Å². The monoisotopic (exact) mass is 320 g/mol. The standard InChI is InChI=1S/C18H28N2O3/c1-14-4-5-15(2)20(14)16-6-9-19(10-7-16)17(21)18(12-22-3)8-11-23-13-18/h4-5,16H,6-13H2,1-3H3. The van der Waals surface area contributed by atoms with E-state index in [0.29, 0.717) is 25.9 Å². The molecule has 1 aromatic heterocycles. The van der Waals surface area contributed by atoms with Gasteiger partial charge in [0.2, 0.25) is 5.91 Å². The maximum atomic E-state index is 13.0. The summed E-state index contributed by atoms with van der Waals surface area (Å²) in [6.45, 7) is 7.59. The molecule has 2 aliphatic rings. The minimum atomic E-state index is -0.457. The molecule has 1 amide bonds. The van der Waals surface area contributed by atoms with E-state index in [1.54, 1.807) is 7.11 Å². The summed E-state index contributed by atoms with van der Waals surface area (Å²) in [4.78, 5) is 15.0. The van der Waals surface area contributed by atoms with Gasteiger partial charge in [0.05, 0.1) is 18.6 Å². The van der Waals surface area contributed by atoms with E-state index in [4.69, 9.17) is 9.47 Å². The van der Waals surface area contributed by atoms with Gasteiger partial charge in [-0.1, -0.05) is 0 Å². The quantitative estimate of drug-likeness (QED) is 0.855. The van der Waals surface area contributed by atoms with Crippen molar-refractivity contribution in [2.45, 2.75) is 39.2 Å². The summed E-state index contributed by atoms with van der Waals surface area (Å²) in [5.41, 5.74) is 2.17. The highest BCUT2D eigenvalue weighted by Crippen LogP contribution is 2.34. The zero-order chi connectivity index (χ0) is 16.4. The molecule has 0 aromatic carbocycles. The molecule has 23 heavy (non-hydrogen) atoms. The van der Waals surface area contributed by atoms with Crippen molar-refractivity contribution in [1.82, 2.24) is 9.47 Å². The van der Waals surface area contributed by atoms with Crippen molar-refractivity contribution in [3.63, 3.8) is 0 Å². The Morgan fingerprint density at radius 2 is 1.96 bits per heavy atom. The molecule has 3 rings (SSSR count). The van der Waals surface area contributed by atoms with E-state index in [1.165, 1.54) is 11.4 Å². The molecule has 1 aromatic rings. The van der Waals surface area contributed by atoms with Gasteiger partial charge >= 0.3 is 0 Å². The van der Waals surface area contributed by atoms with E-state index in [1.807, 2.05) is 4.90 Å². The van der Waals surface area contributed by atoms with Crippen LogP contribution >= 0.6 is 0 Å². The number of amides is 1. The number of rotatable bonds is 4. The number of hydrogen-bond donors (Lipinski definition) is 0. The van der Waals surface area contributed by atoms with Gasteiger partial charge in [-0.05, 0) is 45.2 Å². The molecule has 1 unspecified atom stereocenters. The molecule has 1 atom stereocenters. The third-order valence-corrected chi connectivity index (χ3v) is 5.42. The third-order valence-electron chi connectivity index (χ3n) is 5.42. The zero-order valence-corrected chi connectivity index (χ0v) is 14.5. The lowest BCUT2D eigenvalue weighted by molar-refractivity contribution is -0.146. The van der Waals surface area contributed by atoms with Crippen molar-refractivity contribution in [2.24, 2.45) is 5.41 Å². The van der Waals surface area contributed by atoms with E-state index in [2.05, 4.69) is 30.5 Å². The number of aromatic nitrogens is 1. The van der Waals surface area contributed by atoms with E-state index in [9.17, 15) is 4.79 Å². The highest BCUT2D eigenvalue weighted by molar-refractivity contribution is 5.83. The fourth-order valence-electron chi connectivity index (χ4n) is 4.15. The summed E-state index contributed by atoms with van der Waals surface area (Å²) in [6.07, 6.45) is 2.81. The molecule has 0 spiro atoms. The molecule has 3 heterocycles. The molecule has 128 valence electrons. The Labute approximate surface area is 138 Å². The normalized spacial score (nSPS) is 26.0. The van der Waals surface area contributed by atoms with Crippen molar-refractivity contribution in [3.05, 3.63) is 23.5 Å². The summed E-state index contributed by atoms with van der Waals surface area (Å²) < 4.78 is 13.2. The van der Waals surface area contributed by atoms with Gasteiger partial charge in [0.1, 0.15) is 0 Å². The van der Waals surface area contributed by atoms with Crippen LogP contribution in [0.1, 0.15) is 36.7 Å². The van der Waals surface area contributed by atoms with Gasteiger partial charge < -0.3 is 18.9 Å². The molecule has 2 aliphatic heterocycles. The second kappa shape index (κ2) is 6.65.